The van der Waals surface area contributed by atoms with Crippen molar-refractivity contribution in [2.45, 2.75) is 20.8 Å². The van der Waals surface area contributed by atoms with Crippen molar-refractivity contribution in [1.82, 2.24) is 9.97 Å². The van der Waals surface area contributed by atoms with Crippen LogP contribution >= 0.6 is 22.9 Å². The highest BCUT2D eigenvalue weighted by atomic mass is 35.5. The second kappa shape index (κ2) is 6.10. The molecule has 0 aliphatic rings. The van der Waals surface area contributed by atoms with Crippen molar-refractivity contribution in [2.24, 2.45) is 0 Å². The first kappa shape index (κ1) is 15.1. The van der Waals surface area contributed by atoms with E-state index in [0.29, 0.717) is 12.4 Å². The van der Waals surface area contributed by atoms with Crippen LogP contribution in [0.25, 0.3) is 10.2 Å². The molecule has 2 heterocycles. The highest BCUT2D eigenvalue weighted by Gasteiger charge is 2.15. The molecule has 0 amide bonds. The van der Waals surface area contributed by atoms with Crippen LogP contribution in [0.4, 0.5) is 11.5 Å². The average molecular weight is 334 g/mol. The van der Waals surface area contributed by atoms with Crippen LogP contribution in [0.2, 0.25) is 5.28 Å². The molecule has 0 aliphatic carbocycles. The summed E-state index contributed by atoms with van der Waals surface area (Å²) in [4.78, 5) is 10.8. The first-order chi connectivity index (χ1) is 10.6. The number of aryl methyl sites for hydroxylation is 2. The molecule has 0 aliphatic heterocycles. The van der Waals surface area contributed by atoms with Gasteiger partial charge in [0.05, 0.1) is 17.7 Å². The number of benzene rings is 1. The van der Waals surface area contributed by atoms with Gasteiger partial charge in [-0.25, -0.2) is 4.98 Å². The van der Waals surface area contributed by atoms with E-state index in [1.165, 1.54) is 10.4 Å². The number of halogens is 1. The van der Waals surface area contributed by atoms with Crippen LogP contribution in [0.1, 0.15) is 17.4 Å². The fraction of sp³-hybridized carbons (Fsp3) is 0.250. The van der Waals surface area contributed by atoms with Gasteiger partial charge in [0, 0.05) is 4.88 Å². The number of anilines is 2. The van der Waals surface area contributed by atoms with Gasteiger partial charge < -0.3 is 10.1 Å². The van der Waals surface area contributed by atoms with E-state index in [9.17, 15) is 0 Å². The lowest BCUT2D eigenvalue weighted by molar-refractivity contribution is 0.342. The minimum absolute atomic E-state index is 0.241. The summed E-state index contributed by atoms with van der Waals surface area (Å²) in [5, 5.41) is 4.59. The van der Waals surface area contributed by atoms with E-state index >= 15 is 0 Å². The summed E-state index contributed by atoms with van der Waals surface area (Å²) >= 11 is 7.69. The van der Waals surface area contributed by atoms with E-state index in [2.05, 4.69) is 29.1 Å². The number of fused-ring (bicyclic) bond motifs is 1. The topological polar surface area (TPSA) is 47.0 Å². The van der Waals surface area contributed by atoms with Crippen molar-refractivity contribution in [3.8, 4) is 5.75 Å². The predicted molar refractivity (Wildman–Crippen MR) is 92.8 cm³/mol. The van der Waals surface area contributed by atoms with Gasteiger partial charge in [0.25, 0.3) is 0 Å². The molecule has 114 valence electrons. The van der Waals surface area contributed by atoms with Crippen LogP contribution in [-0.4, -0.2) is 16.6 Å². The lowest BCUT2D eigenvalue weighted by Crippen LogP contribution is -2.00. The first-order valence-electron chi connectivity index (χ1n) is 7.02. The number of hydrogen-bond donors (Lipinski definition) is 1. The third-order valence-corrected chi connectivity index (χ3v) is 4.71. The van der Waals surface area contributed by atoms with Gasteiger partial charge >= 0.3 is 0 Å². The van der Waals surface area contributed by atoms with Gasteiger partial charge in [-0.15, -0.1) is 11.3 Å². The molecule has 2 aromatic heterocycles. The van der Waals surface area contributed by atoms with Gasteiger partial charge in [0.15, 0.2) is 0 Å². The molecule has 3 aromatic rings. The Morgan fingerprint density at radius 3 is 2.77 bits per heavy atom. The Morgan fingerprint density at radius 2 is 2.00 bits per heavy atom. The first-order valence-corrected chi connectivity index (χ1v) is 8.21. The third kappa shape index (κ3) is 2.74. The van der Waals surface area contributed by atoms with Crippen LogP contribution in [-0.2, 0) is 0 Å². The van der Waals surface area contributed by atoms with Crippen molar-refractivity contribution in [2.75, 3.05) is 11.9 Å². The molecular formula is C16H16ClN3OS. The predicted octanol–water partition coefficient (Wildman–Crippen LogP) is 5.10. The summed E-state index contributed by atoms with van der Waals surface area (Å²) in [6, 6.07) is 7.79. The van der Waals surface area contributed by atoms with Gasteiger partial charge in [-0.05, 0) is 50.1 Å². The Morgan fingerprint density at radius 1 is 1.23 bits per heavy atom. The van der Waals surface area contributed by atoms with Crippen LogP contribution in [0.3, 0.4) is 0 Å². The Bertz CT molecular complexity index is 832. The maximum Gasteiger partial charge on any atom is 0.225 e. The van der Waals surface area contributed by atoms with Gasteiger partial charge in [0.1, 0.15) is 16.4 Å². The Hall–Kier alpha value is -1.85. The van der Waals surface area contributed by atoms with Crippen molar-refractivity contribution in [1.29, 1.82) is 0 Å². The van der Waals surface area contributed by atoms with Crippen molar-refractivity contribution in [3.63, 3.8) is 0 Å². The van der Waals surface area contributed by atoms with Crippen LogP contribution in [0.5, 0.6) is 5.75 Å². The largest absolute Gasteiger partial charge is 0.492 e. The molecule has 1 aromatic carbocycles. The van der Waals surface area contributed by atoms with Gasteiger partial charge in [-0.3, -0.25) is 0 Å². The molecule has 3 rings (SSSR count). The van der Waals surface area contributed by atoms with Gasteiger partial charge in [-0.1, -0.05) is 12.1 Å². The number of nitrogens with zero attached hydrogens (tertiary/aromatic N) is 2. The Kier molecular flexibility index (Phi) is 4.18. The van der Waals surface area contributed by atoms with E-state index in [1.54, 1.807) is 11.3 Å². The smallest absolute Gasteiger partial charge is 0.225 e. The molecule has 0 saturated carbocycles. The van der Waals surface area contributed by atoms with E-state index in [-0.39, 0.29) is 5.28 Å². The average Bonchev–Trinajstić information content (AvgIpc) is 2.76. The van der Waals surface area contributed by atoms with E-state index in [0.717, 1.165) is 21.7 Å². The number of aromatic nitrogens is 2. The molecule has 0 radical (unpaired) electrons. The minimum Gasteiger partial charge on any atom is -0.492 e. The number of rotatable bonds is 4. The molecule has 0 saturated heterocycles. The molecule has 0 bridgehead atoms. The van der Waals surface area contributed by atoms with Crippen molar-refractivity contribution in [3.05, 3.63) is 40.0 Å². The van der Waals surface area contributed by atoms with Gasteiger partial charge in [0.2, 0.25) is 5.28 Å². The zero-order valence-corrected chi connectivity index (χ0v) is 14.2. The highest BCUT2D eigenvalue weighted by molar-refractivity contribution is 7.18. The van der Waals surface area contributed by atoms with Crippen LogP contribution < -0.4 is 10.1 Å². The van der Waals surface area contributed by atoms with Crippen molar-refractivity contribution >= 4 is 44.7 Å². The van der Waals surface area contributed by atoms with E-state index in [1.807, 2.05) is 31.2 Å². The summed E-state index contributed by atoms with van der Waals surface area (Å²) in [6.45, 7) is 6.72. The summed E-state index contributed by atoms with van der Waals surface area (Å²) in [5.74, 6) is 1.50. The fourth-order valence-corrected chi connectivity index (χ4v) is 3.54. The SMILES string of the molecule is CCOc1ccccc1Nc1nc(Cl)nc2sc(C)c(C)c12. The number of nitrogens with one attached hydrogen (secondary N) is 1. The minimum atomic E-state index is 0.241. The normalized spacial score (nSPS) is 10.9. The zero-order chi connectivity index (χ0) is 15.7. The lowest BCUT2D eigenvalue weighted by atomic mass is 10.2. The quantitative estimate of drug-likeness (QED) is 0.674. The summed E-state index contributed by atoms with van der Waals surface area (Å²) < 4.78 is 5.65. The molecule has 1 N–H and O–H groups in total. The maximum absolute atomic E-state index is 6.07. The summed E-state index contributed by atoms with van der Waals surface area (Å²) in [6.07, 6.45) is 0. The fourth-order valence-electron chi connectivity index (χ4n) is 2.29. The number of para-hydroxylation sites is 2. The molecule has 4 nitrogen and oxygen atoms in total. The van der Waals surface area contributed by atoms with E-state index in [4.69, 9.17) is 16.3 Å². The standard InChI is InChI=1S/C16H16ClN3OS/c1-4-21-12-8-6-5-7-11(12)18-14-13-9(2)10(3)22-15(13)20-16(17)19-14/h5-8H,4H2,1-3H3,(H,18,19,20). The third-order valence-electron chi connectivity index (χ3n) is 3.44. The second-order valence-electron chi connectivity index (χ2n) is 4.86. The summed E-state index contributed by atoms with van der Waals surface area (Å²) in [5.41, 5.74) is 2.04. The number of hydrogen-bond acceptors (Lipinski definition) is 5. The number of thiophene rings is 1. The zero-order valence-electron chi connectivity index (χ0n) is 12.6. The molecule has 6 heteroatoms. The molecular weight excluding hydrogens is 318 g/mol. The highest BCUT2D eigenvalue weighted by Crippen LogP contribution is 2.36. The monoisotopic (exact) mass is 333 g/mol. The van der Waals surface area contributed by atoms with Crippen LogP contribution in [0, 0.1) is 13.8 Å². The Labute approximate surface area is 138 Å². The second-order valence-corrected chi connectivity index (χ2v) is 6.40. The maximum atomic E-state index is 6.07. The number of ether oxygens (including phenoxy) is 1. The summed E-state index contributed by atoms with van der Waals surface area (Å²) in [7, 11) is 0. The Balaban J connectivity index is 2.11. The van der Waals surface area contributed by atoms with Crippen LogP contribution in [0.15, 0.2) is 24.3 Å². The van der Waals surface area contributed by atoms with Gasteiger partial charge in [-0.2, -0.15) is 4.98 Å². The molecule has 0 unspecified atom stereocenters. The molecule has 0 fully saturated rings. The lowest BCUT2D eigenvalue weighted by Gasteiger charge is -2.12. The molecule has 0 spiro atoms. The van der Waals surface area contributed by atoms with Crippen molar-refractivity contribution < 1.29 is 4.74 Å². The van der Waals surface area contributed by atoms with E-state index < -0.39 is 0 Å². The molecule has 0 atom stereocenters. The molecule has 22 heavy (non-hydrogen) atoms.